The SMILES string of the molecule is Cc1cn([C@H]2C[C@H](O)[C@](CO)(CF)O2)c(=O)[nH]c1=O. The highest BCUT2D eigenvalue weighted by Crippen LogP contribution is 2.36. The van der Waals surface area contributed by atoms with E-state index < -0.39 is 42.5 Å². The molecule has 0 aromatic carbocycles. The van der Waals surface area contributed by atoms with Crippen LogP contribution in [-0.4, -0.2) is 44.8 Å². The molecule has 3 atom stereocenters. The van der Waals surface area contributed by atoms with Crippen molar-refractivity contribution in [2.75, 3.05) is 13.3 Å². The van der Waals surface area contributed by atoms with E-state index in [0.717, 1.165) is 4.57 Å². The molecule has 2 heterocycles. The zero-order valence-corrected chi connectivity index (χ0v) is 10.3. The fourth-order valence-corrected chi connectivity index (χ4v) is 2.08. The Labute approximate surface area is 107 Å². The molecule has 2 rings (SSSR count). The quantitative estimate of drug-likeness (QED) is 0.644. The van der Waals surface area contributed by atoms with Crippen molar-refractivity contribution in [1.29, 1.82) is 0 Å². The first-order valence-electron chi connectivity index (χ1n) is 5.78. The Hall–Kier alpha value is -1.51. The maximum Gasteiger partial charge on any atom is 0.330 e. The largest absolute Gasteiger partial charge is 0.393 e. The Kier molecular flexibility index (Phi) is 3.57. The summed E-state index contributed by atoms with van der Waals surface area (Å²) in [5.74, 6) is 0. The van der Waals surface area contributed by atoms with Crippen LogP contribution < -0.4 is 11.2 Å². The number of hydrogen-bond donors (Lipinski definition) is 3. The number of H-pyrrole nitrogens is 1. The number of halogens is 1. The third-order valence-corrected chi connectivity index (χ3v) is 3.35. The maximum atomic E-state index is 12.9. The van der Waals surface area contributed by atoms with Crippen LogP contribution in [-0.2, 0) is 4.74 Å². The fraction of sp³-hybridized carbons (Fsp3) is 0.636. The normalized spacial score (nSPS) is 30.7. The molecule has 0 spiro atoms. The Bertz CT molecular complexity index is 577. The predicted octanol–water partition coefficient (Wildman–Crippen LogP) is -1.17. The van der Waals surface area contributed by atoms with Crippen molar-refractivity contribution >= 4 is 0 Å². The van der Waals surface area contributed by atoms with Gasteiger partial charge in [-0.25, -0.2) is 9.18 Å². The molecule has 1 fully saturated rings. The van der Waals surface area contributed by atoms with Crippen molar-refractivity contribution in [2.24, 2.45) is 0 Å². The third kappa shape index (κ3) is 2.22. The Morgan fingerprint density at radius 1 is 1.63 bits per heavy atom. The molecule has 1 aliphatic heterocycles. The first kappa shape index (κ1) is 13.9. The van der Waals surface area contributed by atoms with Crippen molar-refractivity contribution < 1.29 is 19.3 Å². The van der Waals surface area contributed by atoms with Crippen LogP contribution in [0.1, 0.15) is 18.2 Å². The molecule has 0 saturated carbocycles. The number of rotatable bonds is 3. The molecule has 0 unspecified atom stereocenters. The number of alkyl halides is 1. The molecule has 106 valence electrons. The molecular formula is C11H15FN2O5. The lowest BCUT2D eigenvalue weighted by Gasteiger charge is -2.26. The van der Waals surface area contributed by atoms with E-state index in [1.165, 1.54) is 13.1 Å². The van der Waals surface area contributed by atoms with Crippen LogP contribution in [0.5, 0.6) is 0 Å². The number of nitrogens with one attached hydrogen (secondary N) is 1. The highest BCUT2D eigenvalue weighted by molar-refractivity contribution is 5.03. The molecule has 7 nitrogen and oxygen atoms in total. The lowest BCUT2D eigenvalue weighted by atomic mass is 10.00. The van der Waals surface area contributed by atoms with Gasteiger partial charge in [0, 0.05) is 18.2 Å². The van der Waals surface area contributed by atoms with Crippen molar-refractivity contribution in [3.8, 4) is 0 Å². The van der Waals surface area contributed by atoms with Gasteiger partial charge in [-0.15, -0.1) is 0 Å². The second-order valence-electron chi connectivity index (χ2n) is 4.66. The molecule has 3 N–H and O–H groups in total. The zero-order valence-electron chi connectivity index (χ0n) is 10.3. The van der Waals surface area contributed by atoms with E-state index >= 15 is 0 Å². The second-order valence-corrected chi connectivity index (χ2v) is 4.66. The van der Waals surface area contributed by atoms with Crippen LogP contribution in [0.3, 0.4) is 0 Å². The average Bonchev–Trinajstić information content (AvgIpc) is 2.71. The van der Waals surface area contributed by atoms with Gasteiger partial charge < -0.3 is 14.9 Å². The summed E-state index contributed by atoms with van der Waals surface area (Å²) in [5.41, 5.74) is -2.65. The molecule has 1 saturated heterocycles. The number of aryl methyl sites for hydroxylation is 1. The van der Waals surface area contributed by atoms with Crippen molar-refractivity contribution in [3.63, 3.8) is 0 Å². The minimum atomic E-state index is -1.71. The van der Waals surface area contributed by atoms with Gasteiger partial charge in [-0.05, 0) is 6.92 Å². The topological polar surface area (TPSA) is 105 Å². The Morgan fingerprint density at radius 3 is 2.84 bits per heavy atom. The minimum absolute atomic E-state index is 0.0458. The summed E-state index contributed by atoms with van der Waals surface area (Å²) < 4.78 is 19.3. The zero-order chi connectivity index (χ0) is 14.2. The number of aromatic amines is 1. The van der Waals surface area contributed by atoms with E-state index in [1.54, 1.807) is 0 Å². The number of nitrogens with zero attached hydrogens (tertiary/aromatic N) is 1. The molecule has 0 amide bonds. The van der Waals surface area contributed by atoms with E-state index in [9.17, 15) is 19.1 Å². The van der Waals surface area contributed by atoms with Gasteiger partial charge in [-0.2, -0.15) is 0 Å². The maximum absolute atomic E-state index is 12.9. The van der Waals surface area contributed by atoms with Gasteiger partial charge in [0.1, 0.15) is 18.5 Å². The van der Waals surface area contributed by atoms with Gasteiger partial charge in [0.2, 0.25) is 0 Å². The van der Waals surface area contributed by atoms with Gasteiger partial charge in [-0.3, -0.25) is 14.3 Å². The third-order valence-electron chi connectivity index (χ3n) is 3.35. The van der Waals surface area contributed by atoms with E-state index in [-0.39, 0.29) is 6.42 Å². The smallest absolute Gasteiger partial charge is 0.330 e. The van der Waals surface area contributed by atoms with Crippen LogP contribution in [0.4, 0.5) is 4.39 Å². The van der Waals surface area contributed by atoms with E-state index in [2.05, 4.69) is 4.98 Å². The molecule has 0 aliphatic carbocycles. The molecule has 8 heteroatoms. The van der Waals surface area contributed by atoms with E-state index in [4.69, 9.17) is 9.84 Å². The summed E-state index contributed by atoms with van der Waals surface area (Å²) in [6.07, 6.45) is -0.923. The van der Waals surface area contributed by atoms with E-state index in [1.807, 2.05) is 0 Å². The van der Waals surface area contributed by atoms with Crippen molar-refractivity contribution in [3.05, 3.63) is 32.6 Å². The highest BCUT2D eigenvalue weighted by atomic mass is 19.1. The van der Waals surface area contributed by atoms with Gasteiger partial charge in [-0.1, -0.05) is 0 Å². The molecule has 0 bridgehead atoms. The van der Waals surface area contributed by atoms with Crippen LogP contribution in [0.25, 0.3) is 0 Å². The highest BCUT2D eigenvalue weighted by Gasteiger charge is 2.49. The van der Waals surface area contributed by atoms with Crippen LogP contribution in [0, 0.1) is 6.92 Å². The molecular weight excluding hydrogens is 259 g/mol. The number of aliphatic hydroxyl groups excluding tert-OH is 2. The summed E-state index contributed by atoms with van der Waals surface area (Å²) in [5, 5.41) is 18.9. The van der Waals surface area contributed by atoms with Gasteiger partial charge in [0.15, 0.2) is 0 Å². The number of hydrogen-bond acceptors (Lipinski definition) is 5. The minimum Gasteiger partial charge on any atom is -0.393 e. The summed E-state index contributed by atoms with van der Waals surface area (Å²) >= 11 is 0. The van der Waals surface area contributed by atoms with Gasteiger partial charge >= 0.3 is 5.69 Å². The molecule has 1 aromatic rings. The van der Waals surface area contributed by atoms with Crippen LogP contribution in [0.2, 0.25) is 0 Å². The molecule has 19 heavy (non-hydrogen) atoms. The lowest BCUT2D eigenvalue weighted by molar-refractivity contribution is -0.138. The van der Waals surface area contributed by atoms with Gasteiger partial charge in [0.25, 0.3) is 5.56 Å². The number of aliphatic hydroxyl groups is 2. The summed E-state index contributed by atoms with van der Waals surface area (Å²) in [7, 11) is 0. The van der Waals surface area contributed by atoms with Crippen LogP contribution in [0.15, 0.2) is 15.8 Å². The molecule has 1 aliphatic rings. The van der Waals surface area contributed by atoms with Gasteiger partial charge in [0.05, 0.1) is 12.7 Å². The molecule has 1 aromatic heterocycles. The Morgan fingerprint density at radius 2 is 2.32 bits per heavy atom. The fourth-order valence-electron chi connectivity index (χ4n) is 2.08. The predicted molar refractivity (Wildman–Crippen MR) is 62.6 cm³/mol. The standard InChI is InChI=1S/C11H15FN2O5/c1-6-3-14(10(18)13-9(6)17)8-2-7(16)11(4-12,5-15)19-8/h3,7-8,15-16H,2,4-5H2,1H3,(H,13,17,18)/t7-,8+,11+/m0/s1. The van der Waals surface area contributed by atoms with Crippen molar-refractivity contribution in [2.45, 2.75) is 31.3 Å². The number of aromatic nitrogens is 2. The molecule has 0 radical (unpaired) electrons. The summed E-state index contributed by atoms with van der Waals surface area (Å²) in [6, 6.07) is 0. The first-order chi connectivity index (χ1) is 8.93. The monoisotopic (exact) mass is 274 g/mol. The Balaban J connectivity index is 2.38. The summed E-state index contributed by atoms with van der Waals surface area (Å²) in [4.78, 5) is 25.0. The first-order valence-corrected chi connectivity index (χ1v) is 5.78. The second kappa shape index (κ2) is 4.87. The van der Waals surface area contributed by atoms with E-state index in [0.29, 0.717) is 5.56 Å². The number of ether oxygens (including phenoxy) is 1. The van der Waals surface area contributed by atoms with Crippen molar-refractivity contribution in [1.82, 2.24) is 9.55 Å². The van der Waals surface area contributed by atoms with Crippen LogP contribution >= 0.6 is 0 Å². The summed E-state index contributed by atoms with van der Waals surface area (Å²) in [6.45, 7) is -0.259. The lowest BCUT2D eigenvalue weighted by Crippen LogP contribution is -2.45. The average molecular weight is 274 g/mol.